The second kappa shape index (κ2) is 2.87. The number of carbonyl (C=O) groups is 1. The zero-order chi connectivity index (χ0) is 9.42. The van der Waals surface area contributed by atoms with Crippen LogP contribution in [0.5, 0.6) is 5.75 Å². The fourth-order valence-electron chi connectivity index (χ4n) is 1.76. The van der Waals surface area contributed by atoms with Crippen LogP contribution in [0.25, 0.3) is 0 Å². The third-order valence-corrected chi connectivity index (χ3v) is 2.39. The van der Waals surface area contributed by atoms with Crippen molar-refractivity contribution in [3.05, 3.63) is 29.8 Å². The van der Waals surface area contributed by atoms with Crippen LogP contribution in [0.4, 0.5) is 0 Å². The molecule has 1 aliphatic rings. The molecule has 0 radical (unpaired) electrons. The smallest absolute Gasteiger partial charge is 0.319 e. The third-order valence-electron chi connectivity index (χ3n) is 2.39. The van der Waals surface area contributed by atoms with Gasteiger partial charge in [-0.1, -0.05) is 32.0 Å². The Morgan fingerprint density at radius 1 is 1.31 bits per heavy atom. The van der Waals surface area contributed by atoms with E-state index in [1.165, 1.54) is 0 Å². The minimum Gasteiger partial charge on any atom is -0.426 e. The summed E-state index contributed by atoms with van der Waals surface area (Å²) in [7, 11) is 0. The largest absolute Gasteiger partial charge is 0.426 e. The summed E-state index contributed by atoms with van der Waals surface area (Å²) < 4.78 is 5.14. The number of para-hydroxylation sites is 1. The molecule has 0 amide bonds. The maximum absolute atomic E-state index is 11.5. The number of hydrogen-bond donors (Lipinski definition) is 0. The van der Waals surface area contributed by atoms with Crippen LogP contribution < -0.4 is 4.74 Å². The lowest BCUT2D eigenvalue weighted by molar-refractivity contribution is -0.134. The highest BCUT2D eigenvalue weighted by Crippen LogP contribution is 2.38. The number of rotatable bonds is 1. The molecular formula is C11H12O2. The van der Waals surface area contributed by atoms with Crippen molar-refractivity contribution in [2.24, 2.45) is 5.92 Å². The van der Waals surface area contributed by atoms with Gasteiger partial charge in [-0.05, 0) is 12.0 Å². The minimum absolute atomic E-state index is 0.0730. The maximum atomic E-state index is 11.5. The van der Waals surface area contributed by atoms with Crippen LogP contribution in [0.15, 0.2) is 24.3 Å². The molecule has 1 aliphatic heterocycles. The average Bonchev–Trinajstić information content (AvgIpc) is 2.39. The van der Waals surface area contributed by atoms with Gasteiger partial charge in [0.05, 0.1) is 5.92 Å². The van der Waals surface area contributed by atoms with Gasteiger partial charge in [-0.25, -0.2) is 0 Å². The summed E-state index contributed by atoms with van der Waals surface area (Å²) in [4.78, 5) is 11.5. The van der Waals surface area contributed by atoms with Crippen molar-refractivity contribution in [3.63, 3.8) is 0 Å². The maximum Gasteiger partial charge on any atom is 0.319 e. The predicted molar refractivity (Wildman–Crippen MR) is 49.7 cm³/mol. The van der Waals surface area contributed by atoms with Crippen LogP contribution in [0.1, 0.15) is 25.3 Å². The van der Waals surface area contributed by atoms with Gasteiger partial charge in [0.1, 0.15) is 5.75 Å². The standard InChI is InChI=1S/C11H12O2/c1-7(2)10-8-5-3-4-6-9(8)13-11(10)12/h3-7,10H,1-2H3. The fourth-order valence-corrected chi connectivity index (χ4v) is 1.76. The molecule has 1 unspecified atom stereocenters. The first-order chi connectivity index (χ1) is 6.20. The Morgan fingerprint density at radius 3 is 2.69 bits per heavy atom. The van der Waals surface area contributed by atoms with E-state index in [1.54, 1.807) is 0 Å². The van der Waals surface area contributed by atoms with Gasteiger partial charge in [0.15, 0.2) is 0 Å². The Hall–Kier alpha value is -1.31. The number of fused-ring (bicyclic) bond motifs is 1. The third kappa shape index (κ3) is 1.22. The Kier molecular flexibility index (Phi) is 1.83. The van der Waals surface area contributed by atoms with Gasteiger partial charge in [0.25, 0.3) is 0 Å². The van der Waals surface area contributed by atoms with Crippen molar-refractivity contribution in [2.45, 2.75) is 19.8 Å². The lowest BCUT2D eigenvalue weighted by Gasteiger charge is -2.09. The molecule has 1 atom stereocenters. The molecule has 2 heteroatoms. The topological polar surface area (TPSA) is 26.3 Å². The number of hydrogen-bond acceptors (Lipinski definition) is 2. The lowest BCUT2D eigenvalue weighted by Crippen LogP contribution is -2.15. The highest BCUT2D eigenvalue weighted by Gasteiger charge is 2.34. The Labute approximate surface area is 77.5 Å². The Bertz CT molecular complexity index is 342. The lowest BCUT2D eigenvalue weighted by atomic mass is 9.90. The zero-order valence-electron chi connectivity index (χ0n) is 7.78. The molecule has 68 valence electrons. The van der Waals surface area contributed by atoms with E-state index in [4.69, 9.17) is 4.74 Å². The fraction of sp³-hybridized carbons (Fsp3) is 0.364. The Balaban J connectivity index is 2.46. The predicted octanol–water partition coefficient (Wildman–Crippen LogP) is 2.35. The monoisotopic (exact) mass is 176 g/mol. The van der Waals surface area contributed by atoms with Crippen LogP contribution in [0.3, 0.4) is 0 Å². The minimum atomic E-state index is -0.115. The van der Waals surface area contributed by atoms with Crippen LogP contribution in [0, 0.1) is 5.92 Å². The molecule has 0 N–H and O–H groups in total. The molecule has 0 aromatic heterocycles. The molecule has 0 saturated heterocycles. The van der Waals surface area contributed by atoms with Crippen molar-refractivity contribution < 1.29 is 9.53 Å². The molecule has 0 fully saturated rings. The molecular weight excluding hydrogens is 164 g/mol. The summed E-state index contributed by atoms with van der Waals surface area (Å²) in [5.74, 6) is 0.842. The van der Waals surface area contributed by atoms with E-state index in [0.29, 0.717) is 5.92 Å². The van der Waals surface area contributed by atoms with Crippen LogP contribution >= 0.6 is 0 Å². The molecule has 2 nitrogen and oxygen atoms in total. The first-order valence-corrected chi connectivity index (χ1v) is 4.51. The van der Waals surface area contributed by atoms with Crippen LogP contribution in [-0.4, -0.2) is 5.97 Å². The van der Waals surface area contributed by atoms with Crippen molar-refractivity contribution in [1.82, 2.24) is 0 Å². The second-order valence-electron chi connectivity index (χ2n) is 3.68. The van der Waals surface area contributed by atoms with E-state index in [9.17, 15) is 4.79 Å². The molecule has 0 saturated carbocycles. The van der Waals surface area contributed by atoms with Gasteiger partial charge in [-0.15, -0.1) is 0 Å². The van der Waals surface area contributed by atoms with Crippen molar-refractivity contribution in [3.8, 4) is 5.75 Å². The van der Waals surface area contributed by atoms with Gasteiger partial charge in [0, 0.05) is 5.56 Å². The van der Waals surface area contributed by atoms with Crippen LogP contribution in [-0.2, 0) is 4.79 Å². The van der Waals surface area contributed by atoms with Gasteiger partial charge >= 0.3 is 5.97 Å². The van der Waals surface area contributed by atoms with E-state index < -0.39 is 0 Å². The molecule has 0 aliphatic carbocycles. The highest BCUT2D eigenvalue weighted by atomic mass is 16.5. The quantitative estimate of drug-likeness (QED) is 0.485. The van der Waals surface area contributed by atoms with Gasteiger partial charge in [-0.2, -0.15) is 0 Å². The van der Waals surface area contributed by atoms with E-state index in [1.807, 2.05) is 38.1 Å². The van der Waals surface area contributed by atoms with E-state index in [2.05, 4.69) is 0 Å². The van der Waals surface area contributed by atoms with Crippen LogP contribution in [0.2, 0.25) is 0 Å². The summed E-state index contributed by atoms with van der Waals surface area (Å²) in [6.45, 7) is 4.07. The van der Waals surface area contributed by atoms with Gasteiger partial charge < -0.3 is 4.74 Å². The number of ether oxygens (including phenoxy) is 1. The molecule has 1 aromatic rings. The molecule has 0 bridgehead atoms. The summed E-state index contributed by atoms with van der Waals surface area (Å²) in [6, 6.07) is 7.63. The molecule has 1 aromatic carbocycles. The van der Waals surface area contributed by atoms with Crippen molar-refractivity contribution >= 4 is 5.97 Å². The number of carbonyl (C=O) groups excluding carboxylic acids is 1. The first-order valence-electron chi connectivity index (χ1n) is 4.51. The summed E-state index contributed by atoms with van der Waals surface area (Å²) in [6.07, 6.45) is 0. The molecule has 1 heterocycles. The van der Waals surface area contributed by atoms with Gasteiger partial charge in [0.2, 0.25) is 0 Å². The normalized spacial score (nSPS) is 20.2. The summed E-state index contributed by atoms with van der Waals surface area (Å²) >= 11 is 0. The summed E-state index contributed by atoms with van der Waals surface area (Å²) in [5, 5.41) is 0. The molecule has 13 heavy (non-hydrogen) atoms. The number of benzene rings is 1. The Morgan fingerprint density at radius 2 is 2.00 bits per heavy atom. The number of esters is 1. The zero-order valence-corrected chi connectivity index (χ0v) is 7.78. The summed E-state index contributed by atoms with van der Waals surface area (Å²) in [5.41, 5.74) is 1.03. The van der Waals surface area contributed by atoms with Gasteiger partial charge in [-0.3, -0.25) is 4.79 Å². The van der Waals surface area contributed by atoms with Crippen molar-refractivity contribution in [1.29, 1.82) is 0 Å². The first kappa shape index (κ1) is 8.30. The average molecular weight is 176 g/mol. The molecule has 0 spiro atoms. The SMILES string of the molecule is CC(C)C1C(=O)Oc2ccccc21. The molecule has 2 rings (SSSR count). The van der Waals surface area contributed by atoms with E-state index in [-0.39, 0.29) is 11.9 Å². The van der Waals surface area contributed by atoms with Crippen molar-refractivity contribution in [2.75, 3.05) is 0 Å². The highest BCUT2D eigenvalue weighted by molar-refractivity contribution is 5.86. The van der Waals surface area contributed by atoms with E-state index in [0.717, 1.165) is 11.3 Å². The second-order valence-corrected chi connectivity index (χ2v) is 3.68. The van der Waals surface area contributed by atoms with E-state index >= 15 is 0 Å².